The van der Waals surface area contributed by atoms with Crippen molar-refractivity contribution >= 4 is 28.8 Å². The molecule has 2 rings (SSSR count). The fourth-order valence-electron chi connectivity index (χ4n) is 1.79. The average molecular weight is 332 g/mol. The summed E-state index contributed by atoms with van der Waals surface area (Å²) in [5.74, 6) is -0.409. The lowest BCUT2D eigenvalue weighted by Crippen LogP contribution is -2.31. The summed E-state index contributed by atoms with van der Waals surface area (Å²) in [5.41, 5.74) is 1.18. The fraction of sp³-hybridized carbons (Fsp3) is 0.375. The number of nitrogens with one attached hydrogen (secondary N) is 2. The Morgan fingerprint density at radius 3 is 2.39 bits per heavy atom. The Balaban J connectivity index is 1.99. The van der Waals surface area contributed by atoms with Crippen molar-refractivity contribution in [2.24, 2.45) is 0 Å². The molecule has 1 aromatic heterocycles. The summed E-state index contributed by atoms with van der Waals surface area (Å²) in [6.45, 7) is 5.94. The van der Waals surface area contributed by atoms with Gasteiger partial charge in [-0.2, -0.15) is 0 Å². The first kappa shape index (κ1) is 17.1. The summed E-state index contributed by atoms with van der Waals surface area (Å²) < 4.78 is 0. The number of benzene rings is 1. The Morgan fingerprint density at radius 1 is 1.13 bits per heavy atom. The highest BCUT2D eigenvalue weighted by Crippen LogP contribution is 2.14. The van der Waals surface area contributed by atoms with Gasteiger partial charge in [0.25, 0.3) is 11.8 Å². The van der Waals surface area contributed by atoms with Gasteiger partial charge in [-0.15, -0.1) is 10.2 Å². The first-order valence-corrected chi connectivity index (χ1v) is 8.39. The van der Waals surface area contributed by atoms with Gasteiger partial charge < -0.3 is 10.6 Å². The summed E-state index contributed by atoms with van der Waals surface area (Å²) in [7, 11) is 0. The van der Waals surface area contributed by atoms with Crippen LogP contribution in [-0.4, -0.2) is 28.1 Å². The maximum atomic E-state index is 12.1. The average Bonchev–Trinajstić information content (AvgIpc) is 3.04. The molecule has 2 amide bonds. The number of rotatable bonds is 6. The molecule has 0 fully saturated rings. The van der Waals surface area contributed by atoms with Crippen LogP contribution in [0.15, 0.2) is 24.3 Å². The van der Waals surface area contributed by atoms with Gasteiger partial charge in [0.15, 0.2) is 0 Å². The second-order valence-electron chi connectivity index (χ2n) is 5.17. The molecule has 1 heterocycles. The van der Waals surface area contributed by atoms with Crippen molar-refractivity contribution in [1.82, 2.24) is 15.5 Å². The molecule has 0 saturated carbocycles. The van der Waals surface area contributed by atoms with Crippen LogP contribution in [-0.2, 0) is 6.42 Å². The lowest BCUT2D eigenvalue weighted by Gasteiger charge is -2.11. The van der Waals surface area contributed by atoms with E-state index in [1.807, 2.05) is 20.8 Å². The van der Waals surface area contributed by atoms with Crippen molar-refractivity contribution in [2.45, 2.75) is 39.7 Å². The van der Waals surface area contributed by atoms with E-state index in [0.717, 1.165) is 17.8 Å². The van der Waals surface area contributed by atoms with E-state index >= 15 is 0 Å². The molecule has 0 radical (unpaired) electrons. The lowest BCUT2D eigenvalue weighted by molar-refractivity contribution is 0.0938. The zero-order valence-corrected chi connectivity index (χ0v) is 14.2. The third kappa shape index (κ3) is 4.59. The Labute approximate surface area is 139 Å². The largest absolute Gasteiger partial charge is 0.350 e. The predicted octanol–water partition coefficient (Wildman–Crippen LogP) is 2.88. The second kappa shape index (κ2) is 7.82. The topological polar surface area (TPSA) is 84.0 Å². The van der Waals surface area contributed by atoms with Gasteiger partial charge in [0.05, 0.1) is 0 Å². The van der Waals surface area contributed by atoms with Gasteiger partial charge in [0.2, 0.25) is 5.01 Å². The van der Waals surface area contributed by atoms with Crippen molar-refractivity contribution in [1.29, 1.82) is 0 Å². The van der Waals surface area contributed by atoms with Crippen LogP contribution in [0.1, 0.15) is 52.4 Å². The number of amides is 2. The molecule has 1 unspecified atom stereocenters. The van der Waals surface area contributed by atoms with Gasteiger partial charge in [-0.3, -0.25) is 9.59 Å². The summed E-state index contributed by atoms with van der Waals surface area (Å²) in [6, 6.07) is 6.90. The molecule has 6 nitrogen and oxygen atoms in total. The van der Waals surface area contributed by atoms with Crippen molar-refractivity contribution in [3.8, 4) is 0 Å². The summed E-state index contributed by atoms with van der Waals surface area (Å²) in [4.78, 5) is 24.1. The van der Waals surface area contributed by atoms with E-state index in [9.17, 15) is 9.59 Å². The number of aromatic nitrogens is 2. The lowest BCUT2D eigenvalue weighted by atomic mass is 10.1. The maximum Gasteiger partial charge on any atom is 0.286 e. The molecule has 0 saturated heterocycles. The number of hydrogen-bond donors (Lipinski definition) is 2. The van der Waals surface area contributed by atoms with Crippen molar-refractivity contribution in [3.05, 3.63) is 39.8 Å². The van der Waals surface area contributed by atoms with Crippen LogP contribution in [0.5, 0.6) is 0 Å². The van der Waals surface area contributed by atoms with E-state index in [2.05, 4.69) is 20.8 Å². The fourth-order valence-corrected chi connectivity index (χ4v) is 2.46. The van der Waals surface area contributed by atoms with Crippen LogP contribution in [0.25, 0.3) is 0 Å². The smallest absolute Gasteiger partial charge is 0.286 e. The number of hydrogen-bond acceptors (Lipinski definition) is 5. The first-order chi connectivity index (χ1) is 11.0. The van der Waals surface area contributed by atoms with Gasteiger partial charge in [-0.25, -0.2) is 0 Å². The second-order valence-corrected chi connectivity index (χ2v) is 6.23. The van der Waals surface area contributed by atoms with E-state index in [1.165, 1.54) is 11.3 Å². The molecule has 0 aliphatic rings. The molecule has 1 aromatic carbocycles. The van der Waals surface area contributed by atoms with Crippen LogP contribution in [0.2, 0.25) is 0 Å². The molecule has 0 bridgehead atoms. The van der Waals surface area contributed by atoms with Gasteiger partial charge in [-0.05, 0) is 44.0 Å². The standard InChI is InChI=1S/C16H20N4O2S/c1-4-10(3)17-14(21)11-6-8-12(9-7-11)18-15(22)16-20-19-13(5-2)23-16/h6-10H,4-5H2,1-3H3,(H,17,21)(H,18,22). The molecule has 2 N–H and O–H groups in total. The van der Waals surface area contributed by atoms with Crippen LogP contribution in [0.4, 0.5) is 5.69 Å². The molecular weight excluding hydrogens is 312 g/mol. The van der Waals surface area contributed by atoms with Crippen molar-refractivity contribution in [2.75, 3.05) is 5.32 Å². The molecule has 0 spiro atoms. The van der Waals surface area contributed by atoms with Crippen LogP contribution in [0, 0.1) is 0 Å². The van der Waals surface area contributed by atoms with E-state index in [4.69, 9.17) is 0 Å². The predicted molar refractivity (Wildman–Crippen MR) is 90.9 cm³/mol. The third-order valence-corrected chi connectivity index (χ3v) is 4.42. The monoisotopic (exact) mass is 332 g/mol. The van der Waals surface area contributed by atoms with Gasteiger partial charge in [0.1, 0.15) is 5.01 Å². The highest BCUT2D eigenvalue weighted by atomic mass is 32.1. The molecule has 0 aliphatic heterocycles. The zero-order chi connectivity index (χ0) is 16.8. The van der Waals surface area contributed by atoms with E-state index in [0.29, 0.717) is 16.3 Å². The Bertz CT molecular complexity index is 682. The minimum Gasteiger partial charge on any atom is -0.350 e. The van der Waals surface area contributed by atoms with Crippen LogP contribution in [0.3, 0.4) is 0 Å². The van der Waals surface area contributed by atoms with Gasteiger partial charge >= 0.3 is 0 Å². The van der Waals surface area contributed by atoms with Crippen LogP contribution >= 0.6 is 11.3 Å². The molecule has 7 heteroatoms. The molecule has 23 heavy (non-hydrogen) atoms. The number of carbonyl (C=O) groups excluding carboxylic acids is 2. The molecule has 122 valence electrons. The van der Waals surface area contributed by atoms with Crippen molar-refractivity contribution in [3.63, 3.8) is 0 Å². The van der Waals surface area contributed by atoms with E-state index in [1.54, 1.807) is 24.3 Å². The van der Waals surface area contributed by atoms with Gasteiger partial charge in [0, 0.05) is 17.3 Å². The number of aryl methyl sites for hydroxylation is 1. The molecular formula is C16H20N4O2S. The van der Waals surface area contributed by atoms with E-state index < -0.39 is 0 Å². The Kier molecular flexibility index (Phi) is 5.81. The minimum atomic E-state index is -0.293. The summed E-state index contributed by atoms with van der Waals surface area (Å²) in [5, 5.41) is 14.6. The molecule has 1 atom stereocenters. The molecule has 0 aliphatic carbocycles. The number of nitrogens with zero attached hydrogens (tertiary/aromatic N) is 2. The zero-order valence-electron chi connectivity index (χ0n) is 13.4. The normalized spacial score (nSPS) is 11.8. The third-order valence-electron chi connectivity index (χ3n) is 3.36. The van der Waals surface area contributed by atoms with E-state index in [-0.39, 0.29) is 17.9 Å². The van der Waals surface area contributed by atoms with Crippen molar-refractivity contribution < 1.29 is 9.59 Å². The quantitative estimate of drug-likeness (QED) is 0.852. The first-order valence-electron chi connectivity index (χ1n) is 7.58. The SMILES string of the molecule is CCc1nnc(C(=O)Nc2ccc(C(=O)NC(C)CC)cc2)s1. The Morgan fingerprint density at radius 2 is 1.83 bits per heavy atom. The highest BCUT2D eigenvalue weighted by Gasteiger charge is 2.13. The number of anilines is 1. The number of carbonyl (C=O) groups is 2. The summed E-state index contributed by atoms with van der Waals surface area (Å²) >= 11 is 1.28. The van der Waals surface area contributed by atoms with Crippen LogP contribution < -0.4 is 10.6 Å². The summed E-state index contributed by atoms with van der Waals surface area (Å²) in [6.07, 6.45) is 1.63. The maximum absolute atomic E-state index is 12.1. The highest BCUT2D eigenvalue weighted by molar-refractivity contribution is 7.13. The Hall–Kier alpha value is -2.28. The molecule has 2 aromatic rings. The minimum absolute atomic E-state index is 0.117. The van der Waals surface area contributed by atoms with Gasteiger partial charge in [-0.1, -0.05) is 25.2 Å².